The molecule has 0 amide bonds. The van der Waals surface area contributed by atoms with Crippen LogP contribution in [0.2, 0.25) is 0 Å². The van der Waals surface area contributed by atoms with Crippen LogP contribution in [0.5, 0.6) is 5.75 Å². The number of benzene rings is 2. The minimum absolute atomic E-state index is 0.937. The number of fused-ring (bicyclic) bond motifs is 3. The van der Waals surface area contributed by atoms with Gasteiger partial charge in [-0.1, -0.05) is 30.3 Å². The molecule has 0 aliphatic carbocycles. The van der Waals surface area contributed by atoms with E-state index < -0.39 is 0 Å². The second-order valence-electron chi connectivity index (χ2n) is 5.40. The van der Waals surface area contributed by atoms with Crippen LogP contribution in [0.25, 0.3) is 17.2 Å². The van der Waals surface area contributed by atoms with Crippen molar-refractivity contribution in [2.75, 3.05) is 31.1 Å². The largest absolute Gasteiger partial charge is 0.464 e. The summed E-state index contributed by atoms with van der Waals surface area (Å²) in [7, 11) is 0. The molecular formula is C18H18N2O. The number of hydrogen-bond acceptors (Lipinski definition) is 3. The zero-order valence-electron chi connectivity index (χ0n) is 11.9. The Morgan fingerprint density at radius 1 is 0.952 bits per heavy atom. The van der Waals surface area contributed by atoms with Gasteiger partial charge in [-0.05, 0) is 29.3 Å². The van der Waals surface area contributed by atoms with E-state index in [-0.39, 0.29) is 0 Å². The molecule has 1 fully saturated rings. The van der Waals surface area contributed by atoms with Crippen molar-refractivity contribution in [3.05, 3.63) is 54.3 Å². The van der Waals surface area contributed by atoms with Crippen LogP contribution in [0.1, 0.15) is 5.56 Å². The number of ether oxygens (including phenoxy) is 1. The molecule has 0 spiro atoms. The topological polar surface area (TPSA) is 24.5 Å². The molecule has 106 valence electrons. The molecule has 1 saturated heterocycles. The molecule has 2 heterocycles. The number of piperazine rings is 1. The molecule has 3 heteroatoms. The third-order valence-electron chi connectivity index (χ3n) is 4.13. The molecule has 2 aliphatic heterocycles. The number of nitrogens with zero attached hydrogens (tertiary/aromatic N) is 1. The Morgan fingerprint density at radius 3 is 2.71 bits per heavy atom. The number of rotatable bonds is 1. The molecular weight excluding hydrogens is 260 g/mol. The van der Waals surface area contributed by atoms with Crippen LogP contribution in [-0.4, -0.2) is 26.2 Å². The summed E-state index contributed by atoms with van der Waals surface area (Å²) >= 11 is 0. The molecule has 0 unspecified atom stereocenters. The van der Waals surface area contributed by atoms with Gasteiger partial charge in [-0.25, -0.2) is 0 Å². The third kappa shape index (κ3) is 2.20. The van der Waals surface area contributed by atoms with Gasteiger partial charge in [0.2, 0.25) is 0 Å². The molecule has 0 radical (unpaired) electrons. The summed E-state index contributed by atoms with van der Waals surface area (Å²) < 4.78 is 5.84. The van der Waals surface area contributed by atoms with Crippen LogP contribution in [0.3, 0.4) is 0 Å². The first-order valence-corrected chi connectivity index (χ1v) is 7.45. The van der Waals surface area contributed by atoms with Crippen molar-refractivity contribution >= 4 is 11.8 Å². The molecule has 0 atom stereocenters. The van der Waals surface area contributed by atoms with E-state index in [1.807, 2.05) is 12.1 Å². The van der Waals surface area contributed by atoms with Crippen molar-refractivity contribution in [1.29, 1.82) is 0 Å². The molecule has 2 aliphatic rings. The van der Waals surface area contributed by atoms with Crippen molar-refractivity contribution in [2.24, 2.45) is 0 Å². The Kier molecular flexibility index (Phi) is 3.13. The quantitative estimate of drug-likeness (QED) is 0.867. The Bertz CT molecular complexity index is 687. The van der Waals surface area contributed by atoms with Crippen molar-refractivity contribution in [1.82, 2.24) is 5.32 Å². The molecule has 21 heavy (non-hydrogen) atoms. The summed E-state index contributed by atoms with van der Waals surface area (Å²) in [6, 6.07) is 14.8. The van der Waals surface area contributed by atoms with Gasteiger partial charge in [-0.2, -0.15) is 0 Å². The first kappa shape index (κ1) is 12.5. The van der Waals surface area contributed by atoms with E-state index in [2.05, 4.69) is 46.6 Å². The van der Waals surface area contributed by atoms with Gasteiger partial charge < -0.3 is 15.0 Å². The van der Waals surface area contributed by atoms with Crippen LogP contribution < -0.4 is 15.0 Å². The summed E-state index contributed by atoms with van der Waals surface area (Å²) in [6.07, 6.45) is 3.82. The maximum Gasteiger partial charge on any atom is 0.136 e. The molecule has 0 saturated carbocycles. The molecule has 4 rings (SSSR count). The SMILES string of the molecule is C1=Cc2ccccc2-c2c(cccc2N2CCNCC2)O1. The molecule has 0 bridgehead atoms. The normalized spacial score (nSPS) is 16.7. The van der Waals surface area contributed by atoms with Crippen LogP contribution in [-0.2, 0) is 0 Å². The van der Waals surface area contributed by atoms with E-state index >= 15 is 0 Å². The van der Waals surface area contributed by atoms with Crippen LogP contribution in [0, 0.1) is 0 Å². The van der Waals surface area contributed by atoms with Crippen LogP contribution in [0.4, 0.5) is 5.69 Å². The van der Waals surface area contributed by atoms with Gasteiger partial charge in [-0.15, -0.1) is 0 Å². The highest BCUT2D eigenvalue weighted by Crippen LogP contribution is 2.42. The molecule has 2 aromatic rings. The molecule has 2 aromatic carbocycles. The summed E-state index contributed by atoms with van der Waals surface area (Å²) in [6.45, 7) is 4.13. The van der Waals surface area contributed by atoms with E-state index in [4.69, 9.17) is 4.74 Å². The lowest BCUT2D eigenvalue weighted by Crippen LogP contribution is -2.43. The maximum absolute atomic E-state index is 5.84. The van der Waals surface area contributed by atoms with E-state index in [9.17, 15) is 0 Å². The molecule has 1 N–H and O–H groups in total. The predicted octanol–water partition coefficient (Wildman–Crippen LogP) is 3.13. The van der Waals surface area contributed by atoms with Crippen molar-refractivity contribution in [2.45, 2.75) is 0 Å². The monoisotopic (exact) mass is 278 g/mol. The predicted molar refractivity (Wildman–Crippen MR) is 86.6 cm³/mol. The van der Waals surface area contributed by atoms with Crippen LogP contribution >= 0.6 is 0 Å². The Morgan fingerprint density at radius 2 is 1.81 bits per heavy atom. The summed E-state index contributed by atoms with van der Waals surface area (Å²) in [5.41, 5.74) is 4.93. The average molecular weight is 278 g/mol. The fourth-order valence-corrected chi connectivity index (χ4v) is 3.11. The van der Waals surface area contributed by atoms with Crippen molar-refractivity contribution < 1.29 is 4.74 Å². The van der Waals surface area contributed by atoms with Gasteiger partial charge in [-0.3, -0.25) is 0 Å². The Hall–Kier alpha value is -2.26. The van der Waals surface area contributed by atoms with Crippen molar-refractivity contribution in [3.8, 4) is 16.9 Å². The first-order valence-electron chi connectivity index (χ1n) is 7.45. The fraction of sp³-hybridized carbons (Fsp3) is 0.222. The summed E-state index contributed by atoms with van der Waals surface area (Å²) in [4.78, 5) is 2.45. The Balaban J connectivity index is 1.90. The average Bonchev–Trinajstić information content (AvgIpc) is 2.75. The van der Waals surface area contributed by atoms with Gasteiger partial charge >= 0.3 is 0 Å². The second kappa shape index (κ2) is 5.26. The first-order chi connectivity index (χ1) is 10.4. The van der Waals surface area contributed by atoms with E-state index in [1.54, 1.807) is 6.26 Å². The highest BCUT2D eigenvalue weighted by Gasteiger charge is 2.21. The summed E-state index contributed by atoms with van der Waals surface area (Å²) in [5, 5.41) is 3.41. The summed E-state index contributed by atoms with van der Waals surface area (Å²) in [5.74, 6) is 0.937. The van der Waals surface area contributed by atoms with Crippen molar-refractivity contribution in [3.63, 3.8) is 0 Å². The maximum atomic E-state index is 5.84. The minimum Gasteiger partial charge on any atom is -0.464 e. The van der Waals surface area contributed by atoms with Gasteiger partial charge in [0.25, 0.3) is 0 Å². The van der Waals surface area contributed by atoms with Gasteiger partial charge in [0.1, 0.15) is 5.75 Å². The second-order valence-corrected chi connectivity index (χ2v) is 5.40. The number of anilines is 1. The van der Waals surface area contributed by atoms with E-state index in [0.29, 0.717) is 0 Å². The standard InChI is InChI=1S/C18H18N2O/c1-2-5-15-14(4-1)8-13-21-17-7-3-6-16(18(15)17)20-11-9-19-10-12-20/h1-8,13,19H,9-12H2. The van der Waals surface area contributed by atoms with Crippen LogP contribution in [0.15, 0.2) is 48.7 Å². The smallest absolute Gasteiger partial charge is 0.136 e. The molecule has 3 nitrogen and oxygen atoms in total. The Labute approximate surface area is 124 Å². The van der Waals surface area contributed by atoms with Gasteiger partial charge in [0.15, 0.2) is 0 Å². The lowest BCUT2D eigenvalue weighted by Gasteiger charge is -2.31. The fourth-order valence-electron chi connectivity index (χ4n) is 3.11. The number of hydrogen-bond donors (Lipinski definition) is 1. The van der Waals surface area contributed by atoms with Gasteiger partial charge in [0.05, 0.1) is 6.26 Å². The number of nitrogens with one attached hydrogen (secondary N) is 1. The van der Waals surface area contributed by atoms with Gasteiger partial charge in [0, 0.05) is 37.4 Å². The lowest BCUT2D eigenvalue weighted by atomic mass is 9.97. The van der Waals surface area contributed by atoms with E-state index in [0.717, 1.165) is 31.9 Å². The third-order valence-corrected chi connectivity index (χ3v) is 4.13. The highest BCUT2D eigenvalue weighted by atomic mass is 16.5. The highest BCUT2D eigenvalue weighted by molar-refractivity contribution is 5.89. The zero-order chi connectivity index (χ0) is 14.1. The molecule has 0 aromatic heterocycles. The minimum atomic E-state index is 0.937. The lowest BCUT2D eigenvalue weighted by molar-refractivity contribution is 0.488. The van der Waals surface area contributed by atoms with E-state index in [1.165, 1.54) is 22.4 Å². The zero-order valence-corrected chi connectivity index (χ0v) is 11.9.